The number of hydrogen-bond acceptors (Lipinski definition) is 3. The van der Waals surface area contributed by atoms with Gasteiger partial charge in [0.25, 0.3) is 0 Å². The number of esters is 1. The lowest BCUT2D eigenvalue weighted by atomic mass is 9.98. The zero-order chi connectivity index (χ0) is 10.6. The molecule has 1 aliphatic rings. The van der Waals surface area contributed by atoms with Crippen LogP contribution in [0.2, 0.25) is 0 Å². The first-order chi connectivity index (χ1) is 6.65. The molecule has 0 saturated carbocycles. The van der Waals surface area contributed by atoms with Crippen LogP contribution < -0.4 is 0 Å². The van der Waals surface area contributed by atoms with Crippen LogP contribution in [-0.2, 0) is 9.53 Å². The quantitative estimate of drug-likeness (QED) is 0.649. The van der Waals surface area contributed by atoms with Gasteiger partial charge in [0, 0.05) is 12.1 Å². The number of hydrogen-bond donors (Lipinski definition) is 0. The lowest BCUT2D eigenvalue weighted by Crippen LogP contribution is -2.46. The molecule has 0 aromatic carbocycles. The fourth-order valence-electron chi connectivity index (χ4n) is 2.14. The number of ether oxygens (including phenoxy) is 1. The summed E-state index contributed by atoms with van der Waals surface area (Å²) < 4.78 is 4.96. The number of likely N-dealkylation sites (tertiary alicyclic amines) is 1. The molecule has 1 aliphatic heterocycles. The van der Waals surface area contributed by atoms with Gasteiger partial charge in [0.2, 0.25) is 0 Å². The molecule has 1 saturated heterocycles. The smallest absolute Gasteiger partial charge is 0.320 e. The molecule has 0 unspecified atom stereocenters. The van der Waals surface area contributed by atoms with Gasteiger partial charge in [-0.2, -0.15) is 0 Å². The highest BCUT2D eigenvalue weighted by atomic mass is 16.5. The Morgan fingerprint density at radius 2 is 1.93 bits per heavy atom. The first kappa shape index (κ1) is 11.5. The number of carbonyl (C=O) groups excluding carboxylic acids is 1. The van der Waals surface area contributed by atoms with Gasteiger partial charge in [-0.1, -0.05) is 6.42 Å². The van der Waals surface area contributed by atoms with Gasteiger partial charge in [-0.15, -0.1) is 0 Å². The average Bonchev–Trinajstić information content (AvgIpc) is 2.12. The van der Waals surface area contributed by atoms with Crippen LogP contribution in [0.5, 0.6) is 0 Å². The largest absolute Gasteiger partial charge is 0.465 e. The van der Waals surface area contributed by atoms with E-state index in [4.69, 9.17) is 4.74 Å². The second-order valence-electron chi connectivity index (χ2n) is 4.11. The molecule has 0 spiro atoms. The molecule has 0 aromatic heterocycles. The van der Waals surface area contributed by atoms with Gasteiger partial charge < -0.3 is 4.74 Å². The zero-order valence-corrected chi connectivity index (χ0v) is 9.45. The normalized spacial score (nSPS) is 28.8. The summed E-state index contributed by atoms with van der Waals surface area (Å²) in [6, 6.07) is 1.03. The van der Waals surface area contributed by atoms with Crippen LogP contribution in [-0.4, -0.2) is 36.1 Å². The van der Waals surface area contributed by atoms with Crippen molar-refractivity contribution in [3.05, 3.63) is 0 Å². The average molecular weight is 199 g/mol. The molecule has 0 N–H and O–H groups in total. The Hall–Kier alpha value is -0.570. The van der Waals surface area contributed by atoms with Crippen molar-refractivity contribution in [1.29, 1.82) is 0 Å². The molecular formula is C11H21NO2. The molecule has 0 amide bonds. The van der Waals surface area contributed by atoms with Crippen LogP contribution in [0.25, 0.3) is 0 Å². The summed E-state index contributed by atoms with van der Waals surface area (Å²) in [6.07, 6.45) is 3.68. The molecular weight excluding hydrogens is 178 g/mol. The molecule has 1 heterocycles. The molecule has 14 heavy (non-hydrogen) atoms. The standard InChI is InChI=1S/C11H21NO2/c1-4-14-11(13)8-12-9(2)6-5-7-10(12)3/h9-10H,4-8H2,1-3H3/t9-,10-/m0/s1. The number of carbonyl (C=O) groups is 1. The highest BCUT2D eigenvalue weighted by Gasteiger charge is 2.26. The number of nitrogens with zero attached hydrogens (tertiary/aromatic N) is 1. The Morgan fingerprint density at radius 1 is 1.36 bits per heavy atom. The molecule has 3 nitrogen and oxygen atoms in total. The van der Waals surface area contributed by atoms with Crippen molar-refractivity contribution in [2.24, 2.45) is 0 Å². The number of rotatable bonds is 3. The van der Waals surface area contributed by atoms with E-state index in [-0.39, 0.29) is 5.97 Å². The second-order valence-corrected chi connectivity index (χ2v) is 4.11. The summed E-state index contributed by atoms with van der Waals surface area (Å²) in [5.74, 6) is -0.0897. The first-order valence-electron chi connectivity index (χ1n) is 5.56. The van der Waals surface area contributed by atoms with Gasteiger partial charge >= 0.3 is 5.97 Å². The van der Waals surface area contributed by atoms with Crippen molar-refractivity contribution < 1.29 is 9.53 Å². The Balaban J connectivity index is 2.43. The van der Waals surface area contributed by atoms with Gasteiger partial charge in [0.15, 0.2) is 0 Å². The highest BCUT2D eigenvalue weighted by molar-refractivity contribution is 5.71. The van der Waals surface area contributed by atoms with Crippen molar-refractivity contribution in [2.75, 3.05) is 13.2 Å². The summed E-state index contributed by atoms with van der Waals surface area (Å²) >= 11 is 0. The SMILES string of the molecule is CCOC(=O)CN1[C@@H](C)CCC[C@@H]1C. The second kappa shape index (κ2) is 5.35. The van der Waals surface area contributed by atoms with E-state index >= 15 is 0 Å². The Bertz CT molecular complexity index is 184. The van der Waals surface area contributed by atoms with Gasteiger partial charge in [0.05, 0.1) is 13.2 Å². The summed E-state index contributed by atoms with van der Waals surface area (Å²) in [5.41, 5.74) is 0. The highest BCUT2D eigenvalue weighted by Crippen LogP contribution is 2.21. The van der Waals surface area contributed by atoms with E-state index in [0.717, 1.165) is 0 Å². The van der Waals surface area contributed by atoms with Gasteiger partial charge in [0.1, 0.15) is 0 Å². The van der Waals surface area contributed by atoms with E-state index in [0.29, 0.717) is 25.2 Å². The van der Waals surface area contributed by atoms with Crippen LogP contribution >= 0.6 is 0 Å². The van der Waals surface area contributed by atoms with E-state index in [1.54, 1.807) is 0 Å². The maximum Gasteiger partial charge on any atom is 0.320 e. The third kappa shape index (κ3) is 2.98. The molecule has 0 aromatic rings. The fourth-order valence-corrected chi connectivity index (χ4v) is 2.14. The fraction of sp³-hybridized carbons (Fsp3) is 0.909. The van der Waals surface area contributed by atoms with E-state index in [9.17, 15) is 4.79 Å². The Kier molecular flexibility index (Phi) is 4.39. The molecule has 82 valence electrons. The molecule has 0 bridgehead atoms. The maximum atomic E-state index is 11.3. The van der Waals surface area contributed by atoms with E-state index in [2.05, 4.69) is 18.7 Å². The van der Waals surface area contributed by atoms with Crippen LogP contribution in [0.1, 0.15) is 40.0 Å². The minimum Gasteiger partial charge on any atom is -0.465 e. The van der Waals surface area contributed by atoms with Crippen molar-refractivity contribution in [3.63, 3.8) is 0 Å². The Labute approximate surface area is 86.4 Å². The molecule has 0 aliphatic carbocycles. The third-order valence-electron chi connectivity index (χ3n) is 2.99. The van der Waals surface area contributed by atoms with E-state index in [1.807, 2.05) is 6.92 Å². The lowest BCUT2D eigenvalue weighted by Gasteiger charge is -2.38. The minimum atomic E-state index is -0.0897. The van der Waals surface area contributed by atoms with Gasteiger partial charge in [-0.25, -0.2) is 0 Å². The first-order valence-corrected chi connectivity index (χ1v) is 5.56. The van der Waals surface area contributed by atoms with Crippen LogP contribution in [0.3, 0.4) is 0 Å². The summed E-state index contributed by atoms with van der Waals surface area (Å²) in [6.45, 7) is 7.16. The van der Waals surface area contributed by atoms with Crippen molar-refractivity contribution in [3.8, 4) is 0 Å². The van der Waals surface area contributed by atoms with Gasteiger partial charge in [-0.05, 0) is 33.6 Å². The summed E-state index contributed by atoms with van der Waals surface area (Å²) in [4.78, 5) is 13.6. The zero-order valence-electron chi connectivity index (χ0n) is 9.45. The van der Waals surface area contributed by atoms with E-state index < -0.39 is 0 Å². The van der Waals surface area contributed by atoms with Crippen molar-refractivity contribution in [2.45, 2.75) is 52.1 Å². The summed E-state index contributed by atoms with van der Waals surface area (Å²) in [5, 5.41) is 0. The summed E-state index contributed by atoms with van der Waals surface area (Å²) in [7, 11) is 0. The molecule has 0 radical (unpaired) electrons. The van der Waals surface area contributed by atoms with E-state index in [1.165, 1.54) is 19.3 Å². The maximum absolute atomic E-state index is 11.3. The van der Waals surface area contributed by atoms with Gasteiger partial charge in [-0.3, -0.25) is 9.69 Å². The van der Waals surface area contributed by atoms with Crippen LogP contribution in [0.15, 0.2) is 0 Å². The topological polar surface area (TPSA) is 29.5 Å². The number of piperidine rings is 1. The predicted octanol–water partition coefficient (Wildman–Crippen LogP) is 1.81. The predicted molar refractivity (Wildman–Crippen MR) is 56.1 cm³/mol. The van der Waals surface area contributed by atoms with Crippen LogP contribution in [0.4, 0.5) is 0 Å². The molecule has 2 atom stereocenters. The lowest BCUT2D eigenvalue weighted by molar-refractivity contribution is -0.146. The minimum absolute atomic E-state index is 0.0897. The monoisotopic (exact) mass is 199 g/mol. The van der Waals surface area contributed by atoms with Crippen LogP contribution in [0, 0.1) is 0 Å². The van der Waals surface area contributed by atoms with Crippen molar-refractivity contribution in [1.82, 2.24) is 4.90 Å². The third-order valence-corrected chi connectivity index (χ3v) is 2.99. The molecule has 1 rings (SSSR count). The molecule has 3 heteroatoms. The Morgan fingerprint density at radius 3 is 2.43 bits per heavy atom. The van der Waals surface area contributed by atoms with Crippen molar-refractivity contribution >= 4 is 5.97 Å². The molecule has 1 fully saturated rings.